The molecule has 0 amide bonds. The second kappa shape index (κ2) is 17.6. The maximum absolute atomic E-state index is 11.9. The van der Waals surface area contributed by atoms with Gasteiger partial charge in [0.2, 0.25) is 0 Å². The van der Waals surface area contributed by atoms with Crippen LogP contribution in [-0.4, -0.2) is 9.13 Å². The van der Waals surface area contributed by atoms with E-state index in [-0.39, 0.29) is 10.8 Å². The van der Waals surface area contributed by atoms with Crippen molar-refractivity contribution in [2.75, 3.05) is 9.80 Å². The van der Waals surface area contributed by atoms with E-state index >= 15 is 0 Å². The normalized spacial score (nSPS) is 13.4. The van der Waals surface area contributed by atoms with Crippen LogP contribution in [0.5, 0.6) is 0 Å². The smallest absolute Gasteiger partial charge is 0.101 e. The summed E-state index contributed by atoms with van der Waals surface area (Å²) < 4.78 is 4.55. The Morgan fingerprint density at radius 3 is 1.01 bits per heavy atom. The van der Waals surface area contributed by atoms with E-state index in [4.69, 9.17) is 0 Å². The van der Waals surface area contributed by atoms with E-state index in [0.29, 0.717) is 22.5 Å². The molecule has 2 aliphatic carbocycles. The molecule has 2 aromatic heterocycles. The first-order valence-corrected chi connectivity index (χ1v) is 27.4. The molecule has 0 unspecified atom stereocenters. The summed E-state index contributed by atoms with van der Waals surface area (Å²) in [5, 5.41) is 28.1. The number of nitriles is 2. The molecular weight excluding hydrogens is 973 g/mol. The van der Waals surface area contributed by atoms with E-state index in [2.05, 4.69) is 265 Å². The number of nitrogens with zero attached hydrogens (tertiary/aromatic N) is 6. The number of para-hydroxylation sites is 6. The number of rotatable bonds is 8. The van der Waals surface area contributed by atoms with Crippen molar-refractivity contribution in [1.29, 1.82) is 10.5 Å². The Hall–Kier alpha value is -10.4. The number of aromatic nitrogens is 2. The van der Waals surface area contributed by atoms with Gasteiger partial charge in [0.1, 0.15) is 12.1 Å². The minimum Gasteiger partial charge on any atom is -0.308 e. The molecule has 0 aliphatic heterocycles. The minimum absolute atomic E-state index is 0.304. The first kappa shape index (κ1) is 46.9. The predicted molar refractivity (Wildman–Crippen MR) is 329 cm³/mol. The van der Waals surface area contributed by atoms with Gasteiger partial charge in [-0.25, -0.2) is 0 Å². The van der Waals surface area contributed by atoms with Gasteiger partial charge in [-0.15, -0.1) is 0 Å². The van der Waals surface area contributed by atoms with Crippen molar-refractivity contribution >= 4 is 77.7 Å². The summed E-state index contributed by atoms with van der Waals surface area (Å²) >= 11 is 0. The van der Waals surface area contributed by atoms with Crippen LogP contribution in [0, 0.1) is 22.7 Å². The van der Waals surface area contributed by atoms with Gasteiger partial charge in [0.15, 0.2) is 0 Å². The van der Waals surface area contributed by atoms with Gasteiger partial charge in [0.05, 0.1) is 55.9 Å². The highest BCUT2D eigenvalue weighted by atomic mass is 15.2. The number of hydrogen-bond acceptors (Lipinski definition) is 4. The third kappa shape index (κ3) is 6.70. The molecule has 13 aromatic rings. The lowest BCUT2D eigenvalue weighted by Gasteiger charge is -2.27. The Balaban J connectivity index is 1.06. The predicted octanol–water partition coefficient (Wildman–Crippen LogP) is 19.2. The summed E-state index contributed by atoms with van der Waals surface area (Å²) in [7, 11) is 0. The highest BCUT2D eigenvalue weighted by Gasteiger charge is 2.39. The fourth-order valence-electron chi connectivity index (χ4n) is 13.6. The third-order valence-corrected chi connectivity index (χ3v) is 17.3. The standard InChI is InChI=1S/C74H52N6/c1-73(2)61-35-19-17-31-53(61)57-41-59-55-33-21-37-65(77(49-23-9-5-10-24-49)50-25-11-6-12-26-50)71(55)79(69(59)43-63(57)73)67-39-48(46-76)68(40-47(67)45-75)80-70-44-64-58(54-32-18-20-36-62(54)74(64,3)4)42-60(70)56-34-22-38-66(72(56)80)78(51-27-13-7-14-28-51)52-29-15-8-16-30-52/h5-44H,1-4H3. The Kier molecular flexibility index (Phi) is 10.3. The molecule has 0 saturated heterocycles. The summed E-state index contributed by atoms with van der Waals surface area (Å²) in [6, 6.07) is 91.4. The zero-order valence-corrected chi connectivity index (χ0v) is 44.8. The van der Waals surface area contributed by atoms with E-state index in [1.54, 1.807) is 0 Å². The Labute approximate surface area is 465 Å². The molecule has 2 heterocycles. The van der Waals surface area contributed by atoms with Crippen LogP contribution >= 0.6 is 0 Å². The van der Waals surface area contributed by atoms with Gasteiger partial charge < -0.3 is 18.9 Å². The fraction of sp³-hybridized carbons (Fsp3) is 0.0811. The second-order valence-corrected chi connectivity index (χ2v) is 22.3. The maximum Gasteiger partial charge on any atom is 0.101 e. The van der Waals surface area contributed by atoms with Crippen molar-refractivity contribution in [1.82, 2.24) is 9.13 Å². The topological polar surface area (TPSA) is 63.9 Å². The van der Waals surface area contributed by atoms with Crippen LogP contribution < -0.4 is 9.80 Å². The van der Waals surface area contributed by atoms with Gasteiger partial charge in [-0.2, -0.15) is 10.5 Å². The molecule has 0 fully saturated rings. The molecule has 0 radical (unpaired) electrons. The summed E-state index contributed by atoms with van der Waals surface area (Å²) in [4.78, 5) is 4.61. The number of hydrogen-bond donors (Lipinski definition) is 0. The summed E-state index contributed by atoms with van der Waals surface area (Å²) in [6.45, 7) is 9.24. The van der Waals surface area contributed by atoms with Crippen LogP contribution in [0.2, 0.25) is 0 Å². The Morgan fingerprint density at radius 2 is 0.662 bits per heavy atom. The number of fused-ring (bicyclic) bond motifs is 12. The molecule has 0 saturated carbocycles. The van der Waals surface area contributed by atoms with E-state index in [1.807, 2.05) is 36.4 Å². The van der Waals surface area contributed by atoms with E-state index < -0.39 is 0 Å². The van der Waals surface area contributed by atoms with Gasteiger partial charge in [0.25, 0.3) is 0 Å². The van der Waals surface area contributed by atoms with Gasteiger partial charge in [-0.1, -0.05) is 173 Å². The average molecular weight is 1030 g/mol. The Morgan fingerprint density at radius 1 is 0.325 bits per heavy atom. The SMILES string of the molecule is CC1(C)c2ccccc2-c2cc3c4cccc(N(c5ccccc5)c5ccccc5)c4n(-c4cc(C#N)c(-n5c6cc7c(cc6c6cccc(N(c8ccccc8)c8ccccc8)c65)-c5ccccc5C7(C)C)cc4C#N)c3cc21. The Bertz CT molecular complexity index is 4400. The molecule has 378 valence electrons. The summed E-state index contributed by atoms with van der Waals surface area (Å²) in [5.74, 6) is 0. The maximum atomic E-state index is 11.9. The highest BCUT2D eigenvalue weighted by molar-refractivity contribution is 6.18. The summed E-state index contributed by atoms with van der Waals surface area (Å²) in [5.41, 5.74) is 21.0. The lowest BCUT2D eigenvalue weighted by atomic mass is 9.82. The zero-order valence-electron chi connectivity index (χ0n) is 44.8. The van der Waals surface area contributed by atoms with Gasteiger partial charge >= 0.3 is 0 Å². The van der Waals surface area contributed by atoms with E-state index in [9.17, 15) is 10.5 Å². The van der Waals surface area contributed by atoms with E-state index in [1.165, 1.54) is 44.5 Å². The highest BCUT2D eigenvalue weighted by Crippen LogP contribution is 2.55. The number of benzene rings is 11. The van der Waals surface area contributed by atoms with Crippen molar-refractivity contribution < 1.29 is 0 Å². The van der Waals surface area contributed by atoms with Crippen molar-refractivity contribution in [3.05, 3.63) is 276 Å². The molecule has 6 nitrogen and oxygen atoms in total. The quantitative estimate of drug-likeness (QED) is 0.152. The molecule has 15 rings (SSSR count). The molecule has 0 atom stereocenters. The molecule has 80 heavy (non-hydrogen) atoms. The molecule has 0 bridgehead atoms. The monoisotopic (exact) mass is 1020 g/mol. The van der Waals surface area contributed by atoms with Crippen LogP contribution in [0.1, 0.15) is 61.1 Å². The second-order valence-electron chi connectivity index (χ2n) is 22.3. The lowest BCUT2D eigenvalue weighted by molar-refractivity contribution is 0.661. The first-order valence-electron chi connectivity index (χ1n) is 27.4. The average Bonchev–Trinajstić information content (AvgIpc) is 4.18. The molecule has 0 N–H and O–H groups in total. The fourth-order valence-corrected chi connectivity index (χ4v) is 13.6. The van der Waals surface area contributed by atoms with Gasteiger partial charge in [0, 0.05) is 55.1 Å². The largest absolute Gasteiger partial charge is 0.308 e. The van der Waals surface area contributed by atoms with Crippen LogP contribution in [0.25, 0.3) is 77.2 Å². The minimum atomic E-state index is -0.304. The molecule has 6 heteroatoms. The van der Waals surface area contributed by atoms with E-state index in [0.717, 1.165) is 77.7 Å². The van der Waals surface area contributed by atoms with Gasteiger partial charge in [-0.05, 0) is 142 Å². The summed E-state index contributed by atoms with van der Waals surface area (Å²) in [6.07, 6.45) is 0. The zero-order chi connectivity index (χ0) is 54.0. The first-order chi connectivity index (χ1) is 39.1. The molecule has 2 aliphatic rings. The van der Waals surface area contributed by atoms with Crippen molar-refractivity contribution in [3.63, 3.8) is 0 Å². The van der Waals surface area contributed by atoms with Crippen molar-refractivity contribution in [2.45, 2.75) is 38.5 Å². The van der Waals surface area contributed by atoms with Gasteiger partial charge in [-0.3, -0.25) is 0 Å². The molecular formula is C74H52N6. The molecule has 11 aromatic carbocycles. The van der Waals surface area contributed by atoms with Crippen molar-refractivity contribution in [3.8, 4) is 45.8 Å². The van der Waals surface area contributed by atoms with Crippen molar-refractivity contribution in [2.24, 2.45) is 0 Å². The third-order valence-electron chi connectivity index (χ3n) is 17.3. The lowest BCUT2D eigenvalue weighted by Crippen LogP contribution is -2.15. The van der Waals surface area contributed by atoms with Crippen LogP contribution in [0.4, 0.5) is 34.1 Å². The van der Waals surface area contributed by atoms with Crippen LogP contribution in [0.15, 0.2) is 243 Å². The number of anilines is 6. The molecule has 0 spiro atoms. The van der Waals surface area contributed by atoms with Crippen LogP contribution in [-0.2, 0) is 10.8 Å². The van der Waals surface area contributed by atoms with Crippen LogP contribution in [0.3, 0.4) is 0 Å².